The van der Waals surface area contributed by atoms with Crippen molar-refractivity contribution < 1.29 is 129 Å². The molecule has 0 radical (unpaired) electrons. The molecule has 0 aliphatic carbocycles. The first-order valence-corrected chi connectivity index (χ1v) is 46.3. The van der Waals surface area contributed by atoms with Gasteiger partial charge in [-0.2, -0.15) is 0 Å². The number of nitrogens with zero attached hydrogens (tertiary/aromatic N) is 5. The minimum absolute atomic E-state index is 0.00630. The summed E-state index contributed by atoms with van der Waals surface area (Å²) in [4.78, 5) is 161. The summed E-state index contributed by atoms with van der Waals surface area (Å²) >= 11 is 0. The van der Waals surface area contributed by atoms with Crippen LogP contribution in [-0.2, 0) is 121 Å². The van der Waals surface area contributed by atoms with Gasteiger partial charge in [-0.1, -0.05) is 118 Å². The van der Waals surface area contributed by atoms with Crippen molar-refractivity contribution in [3.63, 3.8) is 0 Å². The number of amides is 10. The van der Waals surface area contributed by atoms with Gasteiger partial charge in [-0.05, 0) is 85.0 Å². The van der Waals surface area contributed by atoms with Gasteiger partial charge in [-0.3, -0.25) is 57.9 Å². The zero-order chi connectivity index (χ0) is 96.2. The van der Waals surface area contributed by atoms with Crippen molar-refractivity contribution in [1.82, 2.24) is 40.4 Å². The molecule has 2 aromatic carbocycles. The number of likely N-dealkylation sites (N-methyl/N-ethyl adjacent to an activating group) is 2. The van der Waals surface area contributed by atoms with Gasteiger partial charge in [-0.15, -0.1) is 0 Å². The molecule has 5 rings (SSSR count). The second-order valence-electron chi connectivity index (χ2n) is 34.5. The minimum atomic E-state index is -1.64. The van der Waals surface area contributed by atoms with E-state index in [1.54, 1.807) is 104 Å². The molecule has 37 nitrogen and oxygen atoms in total. The molecule has 3 aliphatic heterocycles. The molecule has 3 aliphatic rings. The first kappa shape index (κ1) is 113. The van der Waals surface area contributed by atoms with Crippen LogP contribution in [0.4, 0.5) is 15.3 Å². The van der Waals surface area contributed by atoms with Crippen molar-refractivity contribution in [2.75, 3.05) is 225 Å². The molecule has 131 heavy (non-hydrogen) atoms. The number of carbonyl (C=O) groups is 11. The summed E-state index contributed by atoms with van der Waals surface area (Å²) in [7, 11) is 7.74. The minimum Gasteiger partial charge on any atom is -0.445 e. The number of nitrogens with two attached hydrogens (primary N) is 1. The van der Waals surface area contributed by atoms with Crippen LogP contribution in [-0.4, -0.2) is 363 Å². The maximum atomic E-state index is 14.9. The second kappa shape index (κ2) is 63.2. The lowest BCUT2D eigenvalue weighted by atomic mass is 9.84. The molecular weight excluding hydrogens is 1700 g/mol. The zero-order valence-corrected chi connectivity index (χ0v) is 80.3. The summed E-state index contributed by atoms with van der Waals surface area (Å²) in [5.41, 5.74) is 5.26. The summed E-state index contributed by atoms with van der Waals surface area (Å²) in [5.74, 6) is -7.99. The SMILES string of the molecule is CC[C@H](C)[C@@H]([C@@H](CC(=O)N1CCC[C@H]1[C@H](OC)[C@@H](C)C(=O)C[C@H](C)[C@@H](O)c1ccccc1)OC)N(C)C(=O)[C@@H](NC(=O)[C@H](C(C)C)N(C)C(=O)OCc1ccc(NC(=O)[C@H](CCCNC(N)=O)CC(=O)[C@@H](NC(=O)C2(N3C(=O)C=CC3=O)CN(CCCOCCOCCOCCOCCOCCOCCOCCOCCOCCOCCOCCOC)C2)C(C)C)cc1)C(C)C. The van der Waals surface area contributed by atoms with E-state index in [4.69, 9.17) is 76.8 Å². The third-order valence-corrected chi connectivity index (χ3v) is 23.7. The highest BCUT2D eigenvalue weighted by molar-refractivity contribution is 6.16. The Morgan fingerprint density at radius 1 is 0.557 bits per heavy atom. The van der Waals surface area contributed by atoms with Crippen molar-refractivity contribution in [2.24, 2.45) is 47.2 Å². The van der Waals surface area contributed by atoms with Crippen LogP contribution in [0.1, 0.15) is 144 Å². The smallest absolute Gasteiger partial charge is 0.410 e. The van der Waals surface area contributed by atoms with Crippen LogP contribution in [0.2, 0.25) is 0 Å². The zero-order valence-electron chi connectivity index (χ0n) is 80.3. The Morgan fingerprint density at radius 2 is 1.05 bits per heavy atom. The Bertz CT molecular complexity index is 3690. The molecular formula is C94H154N10O27. The topological polar surface area (TPSA) is 437 Å². The van der Waals surface area contributed by atoms with Gasteiger partial charge >= 0.3 is 12.1 Å². The number of ether oxygens (including phenoxy) is 15. The fourth-order valence-corrected chi connectivity index (χ4v) is 16.2. The number of aliphatic hydroxyl groups is 1. The van der Waals surface area contributed by atoms with Crippen LogP contribution in [0, 0.1) is 41.4 Å². The van der Waals surface area contributed by atoms with E-state index in [0.29, 0.717) is 202 Å². The van der Waals surface area contributed by atoms with Crippen molar-refractivity contribution in [3.05, 3.63) is 77.9 Å². The highest BCUT2D eigenvalue weighted by atomic mass is 16.6. The largest absolute Gasteiger partial charge is 0.445 e. The molecule has 2 aromatic rings. The number of ketones is 2. The van der Waals surface area contributed by atoms with Crippen LogP contribution in [0.5, 0.6) is 0 Å². The maximum Gasteiger partial charge on any atom is 0.410 e. The average Bonchev–Trinajstić information content (AvgIpc) is 1.71. The van der Waals surface area contributed by atoms with Crippen LogP contribution < -0.4 is 27.0 Å². The third-order valence-electron chi connectivity index (χ3n) is 23.7. The number of benzene rings is 2. The number of hydrogen-bond donors (Lipinski definition) is 6. The predicted molar refractivity (Wildman–Crippen MR) is 487 cm³/mol. The number of nitrogens with one attached hydrogen (secondary N) is 4. The number of imide groups is 1. The van der Waals surface area contributed by atoms with Crippen LogP contribution in [0.15, 0.2) is 66.7 Å². The number of likely N-dealkylation sites (tertiary alicyclic amines) is 2. The van der Waals surface area contributed by atoms with Gasteiger partial charge in [-0.25, -0.2) is 9.59 Å². The first-order chi connectivity index (χ1) is 62.9. The van der Waals surface area contributed by atoms with E-state index in [9.17, 15) is 57.8 Å². The van der Waals surface area contributed by atoms with Gasteiger partial charge in [0.25, 0.3) is 11.8 Å². The van der Waals surface area contributed by atoms with Gasteiger partial charge in [0.2, 0.25) is 29.5 Å². The Balaban J connectivity index is 1.03. The fourth-order valence-electron chi connectivity index (χ4n) is 16.2. The number of hydrogen-bond acceptors (Lipinski definition) is 28. The number of carbonyl (C=O) groups excluding carboxylic acids is 11. The summed E-state index contributed by atoms with van der Waals surface area (Å²) in [5, 5.41) is 22.3. The van der Waals surface area contributed by atoms with Gasteiger partial charge in [0.15, 0.2) is 11.3 Å². The number of primary amides is 1. The molecule has 0 bridgehead atoms. The van der Waals surface area contributed by atoms with Gasteiger partial charge in [0, 0.05) is 117 Å². The Hall–Kier alpha value is -8.09. The lowest BCUT2D eigenvalue weighted by Crippen LogP contribution is -2.78. The number of rotatable bonds is 73. The van der Waals surface area contributed by atoms with Gasteiger partial charge in [0.1, 0.15) is 24.5 Å². The second-order valence-corrected chi connectivity index (χ2v) is 34.5. The highest BCUT2D eigenvalue weighted by Gasteiger charge is 2.58. The summed E-state index contributed by atoms with van der Waals surface area (Å²) in [6.45, 7) is 29.0. The van der Waals surface area contributed by atoms with Crippen molar-refractivity contribution in [3.8, 4) is 0 Å². The quantitative estimate of drug-likeness (QED) is 0.0328. The molecule has 37 heteroatoms. The normalized spacial score (nSPS) is 17.0. The van der Waals surface area contributed by atoms with E-state index >= 15 is 0 Å². The molecule has 742 valence electrons. The summed E-state index contributed by atoms with van der Waals surface area (Å²) < 4.78 is 83.8. The molecule has 2 saturated heterocycles. The van der Waals surface area contributed by atoms with Crippen LogP contribution >= 0.6 is 0 Å². The van der Waals surface area contributed by atoms with Crippen molar-refractivity contribution in [1.29, 1.82) is 0 Å². The summed E-state index contributed by atoms with van der Waals surface area (Å²) in [6, 6.07) is 10.4. The molecule has 0 aromatic heterocycles. The Kier molecular flexibility index (Phi) is 54.7. The maximum absolute atomic E-state index is 14.9. The fraction of sp³-hybridized carbons (Fsp3) is 0.734. The van der Waals surface area contributed by atoms with Gasteiger partial charge < -0.3 is 113 Å². The highest BCUT2D eigenvalue weighted by Crippen LogP contribution is 2.35. The standard InChI is InChI=1S/C94H154N10O27/c1-16-68(8)85(78(118-14)61-81(109)103-35-21-26-75(103)87(119-15)70(10)76(105)59-69(9)86(110)72-23-18-17-19-24-72)100(11)90(113)83(66(4)5)98-89(112)84(67(6)7)101(12)93(116)131-62-71-27-29-74(30-28-71)97-88(111)73(25-20-33-96-92(95)115)60-77(106)82(65(2)3)99-91(114)94(104-79(107)31-32-80(104)108)63-102(64-94)34-22-36-120-39-40-122-43-44-124-47-48-126-51-52-128-55-56-130-58-57-129-54-53-127-50-49-125-46-45-123-42-41-121-38-37-117-13/h17-19,23-24,27-32,65-70,73,75,78,82-87,110H,16,20-22,25-26,33-64H2,1-15H3,(H,97,111)(H,98,112)(H,99,114)(H3,95,96,115)/t68-,69-,70-,73+,75-,78+,82-,83-,84-,85-,86+,87+/m0/s1. The molecule has 3 heterocycles. The number of anilines is 1. The number of methoxy groups -OCH3 is 3. The first-order valence-electron chi connectivity index (χ1n) is 46.3. The van der Waals surface area contributed by atoms with E-state index < -0.39 is 137 Å². The van der Waals surface area contributed by atoms with Gasteiger partial charge in [0.05, 0.1) is 188 Å². The number of Topliss-reactive ketones (excluding diaryl/α,β-unsaturated/α-hetero) is 2. The third kappa shape index (κ3) is 39.4. The molecule has 0 saturated carbocycles. The van der Waals surface area contributed by atoms with E-state index in [0.717, 1.165) is 22.6 Å². The van der Waals surface area contributed by atoms with E-state index in [2.05, 4.69) is 21.3 Å². The lowest BCUT2D eigenvalue weighted by Gasteiger charge is -2.52. The molecule has 12 atom stereocenters. The van der Waals surface area contributed by atoms with Crippen LogP contribution in [0.3, 0.4) is 0 Å². The lowest BCUT2D eigenvalue weighted by molar-refractivity contribution is -0.164. The monoisotopic (exact) mass is 1860 g/mol. The van der Waals surface area contributed by atoms with E-state index in [1.807, 2.05) is 56.0 Å². The molecule has 7 N–H and O–H groups in total. The Labute approximate surface area is 774 Å². The molecule has 0 unspecified atom stereocenters. The summed E-state index contributed by atoms with van der Waals surface area (Å²) in [6.07, 6.45) is 1.60. The number of urea groups is 1. The average molecular weight is 1860 g/mol. The number of aliphatic hydroxyl groups excluding tert-OH is 1. The van der Waals surface area contributed by atoms with Crippen LogP contribution in [0.25, 0.3) is 0 Å². The van der Waals surface area contributed by atoms with Crippen molar-refractivity contribution in [2.45, 2.75) is 188 Å². The van der Waals surface area contributed by atoms with Crippen molar-refractivity contribution >= 4 is 70.7 Å². The molecule has 2 fully saturated rings. The van der Waals surface area contributed by atoms with E-state index in [-0.39, 0.29) is 81.9 Å². The molecule has 10 amide bonds. The molecule has 0 spiro atoms. The van der Waals surface area contributed by atoms with E-state index in [1.165, 1.54) is 19.1 Å². The Morgan fingerprint density at radius 3 is 1.51 bits per heavy atom. The predicted octanol–water partition coefficient (Wildman–Crippen LogP) is 5.97.